The number of hydrogen-bond donors (Lipinski definition) is 1. The summed E-state index contributed by atoms with van der Waals surface area (Å²) in [5.41, 5.74) is -3.55. The number of piperazine rings is 1. The first-order chi connectivity index (χ1) is 30.0. The van der Waals surface area contributed by atoms with Crippen LogP contribution < -0.4 is 15.0 Å². The van der Waals surface area contributed by atoms with Gasteiger partial charge in [0.25, 0.3) is 6.08 Å². The molecule has 2 bridgehead atoms. The Morgan fingerprint density at radius 1 is 1.05 bits per heavy atom. The molecule has 2 amide bonds. The summed E-state index contributed by atoms with van der Waals surface area (Å²) in [7, 11) is 1.28. The van der Waals surface area contributed by atoms with Gasteiger partial charge in [0.15, 0.2) is 5.82 Å². The highest BCUT2D eigenvalue weighted by Crippen LogP contribution is 2.46. The molecule has 8 rings (SSSR count). The number of alkyl halides is 1. The van der Waals surface area contributed by atoms with Crippen molar-refractivity contribution in [2.75, 3.05) is 43.5 Å². The predicted molar refractivity (Wildman–Crippen MR) is 236 cm³/mol. The van der Waals surface area contributed by atoms with Crippen LogP contribution in [0.25, 0.3) is 32.2 Å². The Labute approximate surface area is 373 Å². The number of carbonyl (C=O) groups is 2. The summed E-state index contributed by atoms with van der Waals surface area (Å²) in [6.07, 6.45) is 1.79. The third kappa shape index (κ3) is 9.68. The molecule has 4 aliphatic heterocycles. The smallest absolute Gasteiger partial charge is 0.412 e. The van der Waals surface area contributed by atoms with E-state index in [2.05, 4.69) is 32.1 Å². The molecule has 0 saturated carbocycles. The Bertz CT molecular complexity index is 2500. The van der Waals surface area contributed by atoms with Gasteiger partial charge in [-0.15, -0.1) is 11.3 Å². The van der Waals surface area contributed by atoms with Gasteiger partial charge < -0.3 is 19.1 Å². The molecule has 1 N–H and O–H groups in total. The first-order valence-corrected chi connectivity index (χ1v) is 22.1. The van der Waals surface area contributed by atoms with Crippen LogP contribution in [0.4, 0.5) is 42.4 Å². The average Bonchev–Trinajstić information content (AvgIpc) is 3.89. The lowest BCUT2D eigenvalue weighted by molar-refractivity contribution is 0.00165. The van der Waals surface area contributed by atoms with Crippen molar-refractivity contribution in [1.82, 2.24) is 24.8 Å². The van der Waals surface area contributed by atoms with Gasteiger partial charge in [0.2, 0.25) is 0 Å². The number of benzene rings is 1. The summed E-state index contributed by atoms with van der Waals surface area (Å²) >= 11 is 0.783. The van der Waals surface area contributed by atoms with Gasteiger partial charge in [-0.25, -0.2) is 22.8 Å². The van der Waals surface area contributed by atoms with E-state index in [1.165, 1.54) is 37.1 Å². The summed E-state index contributed by atoms with van der Waals surface area (Å²) in [6.45, 7) is 18.1. The number of methoxy groups -OCH3 is 1. The number of rotatable bonds is 5. The lowest BCUT2D eigenvalue weighted by Gasteiger charge is -2.47. The van der Waals surface area contributed by atoms with Crippen LogP contribution in [-0.2, 0) is 9.47 Å². The summed E-state index contributed by atoms with van der Waals surface area (Å²) in [4.78, 5) is 44.3. The van der Waals surface area contributed by atoms with E-state index in [0.29, 0.717) is 13.0 Å². The van der Waals surface area contributed by atoms with Gasteiger partial charge in [-0.2, -0.15) is 24.0 Å². The van der Waals surface area contributed by atoms with Gasteiger partial charge in [-0.1, -0.05) is 13.8 Å². The van der Waals surface area contributed by atoms with E-state index in [9.17, 15) is 28.0 Å². The maximum Gasteiger partial charge on any atom is 0.412 e. The zero-order chi connectivity index (χ0) is 47.1. The number of carbonyl (C=O) groups excluding carboxylic acids is 2. The molecule has 4 saturated heterocycles. The molecule has 4 aliphatic rings. The molecular formula is C45H55F5N8O5S. The van der Waals surface area contributed by atoms with Crippen LogP contribution in [0.3, 0.4) is 0 Å². The SMILES string of the molecule is CC.CC12CCCN1C[C@H](F)C2.COc1nc(N2CC3CCC(C=C(F)F)(C2)N3C(=O)OC(C)(C)C)c2cnc(-c3ccc(F)c4sc(NC(=O)OC(C)(C)C)c(C#N)c34)c(F)c2n1. The molecule has 0 spiro atoms. The monoisotopic (exact) mass is 914 g/mol. The molecule has 4 atom stereocenters. The number of halogens is 5. The Hall–Kier alpha value is -5.35. The topological polar surface area (TPSA) is 146 Å². The Morgan fingerprint density at radius 3 is 2.38 bits per heavy atom. The maximum atomic E-state index is 16.8. The summed E-state index contributed by atoms with van der Waals surface area (Å²) < 4.78 is 89.0. The first kappa shape index (κ1) is 48.1. The molecule has 7 heterocycles. The maximum absolute atomic E-state index is 16.8. The van der Waals surface area contributed by atoms with Crippen molar-refractivity contribution < 1.29 is 45.8 Å². The van der Waals surface area contributed by atoms with Crippen LogP contribution in [0.1, 0.15) is 100.0 Å². The fourth-order valence-electron chi connectivity index (χ4n) is 9.11. The summed E-state index contributed by atoms with van der Waals surface area (Å²) in [6, 6.07) is 3.57. The molecule has 3 aromatic heterocycles. The second kappa shape index (κ2) is 18.3. The van der Waals surface area contributed by atoms with Crippen molar-refractivity contribution in [3.05, 3.63) is 47.7 Å². The van der Waals surface area contributed by atoms with E-state index in [4.69, 9.17) is 14.2 Å². The van der Waals surface area contributed by atoms with Gasteiger partial charge in [0.1, 0.15) is 51.3 Å². The lowest BCUT2D eigenvalue weighted by atomic mass is 9.94. The number of fused-ring (bicyclic) bond motifs is 5. The van der Waals surface area contributed by atoms with E-state index < -0.39 is 58.9 Å². The van der Waals surface area contributed by atoms with Crippen molar-refractivity contribution in [1.29, 1.82) is 5.26 Å². The Morgan fingerprint density at radius 2 is 1.75 bits per heavy atom. The minimum absolute atomic E-state index is 0.00146. The number of hydrogen-bond acceptors (Lipinski definition) is 12. The third-order valence-corrected chi connectivity index (χ3v) is 12.6. The van der Waals surface area contributed by atoms with E-state index in [-0.39, 0.29) is 79.7 Å². The molecule has 0 radical (unpaired) electrons. The van der Waals surface area contributed by atoms with Crippen molar-refractivity contribution >= 4 is 55.3 Å². The van der Waals surface area contributed by atoms with Crippen LogP contribution in [0.5, 0.6) is 6.01 Å². The molecule has 1 aromatic carbocycles. The predicted octanol–water partition coefficient (Wildman–Crippen LogP) is 10.8. The van der Waals surface area contributed by atoms with Gasteiger partial charge in [-0.05, 0) is 99.2 Å². The highest BCUT2D eigenvalue weighted by atomic mass is 32.1. The van der Waals surface area contributed by atoms with Crippen molar-refractivity contribution in [3.63, 3.8) is 0 Å². The fourth-order valence-corrected chi connectivity index (χ4v) is 10.2. The van der Waals surface area contributed by atoms with Gasteiger partial charge in [-0.3, -0.25) is 20.1 Å². The van der Waals surface area contributed by atoms with E-state index in [0.717, 1.165) is 36.4 Å². The Balaban J connectivity index is 0.000000490. The molecule has 3 unspecified atom stereocenters. The van der Waals surface area contributed by atoms with Crippen LogP contribution in [0.15, 0.2) is 30.5 Å². The molecule has 19 heteroatoms. The molecular weight excluding hydrogens is 860 g/mol. The number of aromatic nitrogens is 3. The molecule has 13 nitrogen and oxygen atoms in total. The molecule has 0 aliphatic carbocycles. The van der Waals surface area contributed by atoms with E-state index in [1.807, 2.05) is 19.9 Å². The lowest BCUT2D eigenvalue weighted by Crippen LogP contribution is -2.63. The van der Waals surface area contributed by atoms with Crippen LogP contribution in [-0.4, -0.2) is 105 Å². The second-order valence-electron chi connectivity index (χ2n) is 18.4. The van der Waals surface area contributed by atoms with Gasteiger partial charge in [0, 0.05) is 48.4 Å². The number of amides is 2. The summed E-state index contributed by atoms with van der Waals surface area (Å²) in [5.74, 6) is -1.53. The van der Waals surface area contributed by atoms with Gasteiger partial charge >= 0.3 is 18.2 Å². The fraction of sp³-hybridized carbons (Fsp3) is 0.556. The quantitative estimate of drug-likeness (QED) is 0.191. The van der Waals surface area contributed by atoms with Crippen LogP contribution in [0.2, 0.25) is 0 Å². The third-order valence-electron chi connectivity index (χ3n) is 11.5. The Kier molecular flexibility index (Phi) is 13.7. The molecule has 4 fully saturated rings. The standard InChI is InChI=1S/C35H35F4N7O5S.C8H14FN.C2H6/c1-33(2,3)50-31(47)44-29-19(13-40)23-18(8-9-21(36)27(23)52-29)25-24(39)26-20(14-41-25)28(43-30(42-26)49-7)45-15-17-10-11-35(16-45,12-22(37)38)46(17)32(48)51-34(4,5)6;1-8-3-2-4-10(8)6-7(9)5-8;1-2/h8-9,12,14,17H,10-11,15-16H2,1-7H3,(H,44,47);7H,2-6H2,1H3;1-2H3/t;7-,8?;/m.1./s1. The average molecular weight is 915 g/mol. The number of pyridine rings is 1. The number of ether oxygens (including phenoxy) is 3. The molecule has 4 aromatic rings. The van der Waals surface area contributed by atoms with E-state index in [1.54, 1.807) is 46.4 Å². The number of nitrogens with zero attached hydrogens (tertiary/aromatic N) is 7. The molecule has 346 valence electrons. The number of nitriles is 1. The zero-order valence-corrected chi connectivity index (χ0v) is 38.6. The first-order valence-electron chi connectivity index (χ1n) is 21.3. The van der Waals surface area contributed by atoms with Crippen molar-refractivity contribution in [2.45, 2.75) is 129 Å². The van der Waals surface area contributed by atoms with Crippen LogP contribution in [0, 0.1) is 23.0 Å². The second-order valence-corrected chi connectivity index (χ2v) is 19.4. The zero-order valence-electron chi connectivity index (χ0n) is 37.8. The summed E-state index contributed by atoms with van der Waals surface area (Å²) in [5, 5.41) is 12.8. The van der Waals surface area contributed by atoms with Crippen molar-refractivity contribution in [2.24, 2.45) is 0 Å². The minimum atomic E-state index is -1.97. The highest BCUT2D eigenvalue weighted by molar-refractivity contribution is 7.23. The van der Waals surface area contributed by atoms with Crippen LogP contribution >= 0.6 is 11.3 Å². The van der Waals surface area contributed by atoms with Gasteiger partial charge in [0.05, 0.1) is 34.3 Å². The van der Waals surface area contributed by atoms with E-state index >= 15 is 8.78 Å². The number of nitrogens with one attached hydrogen (secondary N) is 1. The number of anilines is 2. The van der Waals surface area contributed by atoms with Crippen molar-refractivity contribution in [3.8, 4) is 23.3 Å². The largest absolute Gasteiger partial charge is 0.467 e. The normalized spacial score (nSPS) is 22.8. The minimum Gasteiger partial charge on any atom is -0.467 e. The molecule has 64 heavy (non-hydrogen) atoms. The highest BCUT2D eigenvalue weighted by Gasteiger charge is 2.55. The number of thiophene rings is 1.